The van der Waals surface area contributed by atoms with E-state index in [0.29, 0.717) is 23.6 Å². The molecule has 1 amide bonds. The van der Waals surface area contributed by atoms with Gasteiger partial charge in [0.05, 0.1) is 18.3 Å². The van der Waals surface area contributed by atoms with Crippen molar-refractivity contribution in [1.29, 1.82) is 0 Å². The van der Waals surface area contributed by atoms with Crippen LogP contribution in [0, 0.1) is 0 Å². The molecule has 2 N–H and O–H groups in total. The molecule has 0 aliphatic carbocycles. The molecule has 0 aliphatic rings. The van der Waals surface area contributed by atoms with Crippen molar-refractivity contribution in [2.75, 3.05) is 0 Å². The highest BCUT2D eigenvalue weighted by molar-refractivity contribution is 5.92. The van der Waals surface area contributed by atoms with Crippen LogP contribution in [0.25, 0.3) is 0 Å². The smallest absolute Gasteiger partial charge is 0.248 e. The van der Waals surface area contributed by atoms with Gasteiger partial charge < -0.3 is 10.2 Å². The molecule has 5 nitrogen and oxygen atoms in total. The van der Waals surface area contributed by atoms with Crippen LogP contribution < -0.4 is 5.73 Å². The Morgan fingerprint density at radius 1 is 1.40 bits per heavy atom. The van der Waals surface area contributed by atoms with E-state index in [2.05, 4.69) is 9.97 Å². The van der Waals surface area contributed by atoms with Gasteiger partial charge in [-0.2, -0.15) is 0 Å². The number of nitrogens with zero attached hydrogens (tertiary/aromatic N) is 2. The Labute approximate surface area is 86.0 Å². The number of hydrogen-bond acceptors (Lipinski definition) is 4. The molecule has 0 saturated carbocycles. The summed E-state index contributed by atoms with van der Waals surface area (Å²) < 4.78 is 5.07. The quantitative estimate of drug-likeness (QED) is 0.798. The van der Waals surface area contributed by atoms with Crippen LogP contribution in [0.2, 0.25) is 0 Å². The number of carbonyl (C=O) groups excluding carboxylic acids is 1. The molecule has 0 fully saturated rings. The second kappa shape index (κ2) is 3.91. The molecule has 0 atom stereocenters. The van der Waals surface area contributed by atoms with E-state index >= 15 is 0 Å². The SMILES string of the molecule is NC(=O)c1ccnc(Cc2ncco2)c1. The van der Waals surface area contributed by atoms with Gasteiger partial charge in [0.2, 0.25) is 5.91 Å². The number of oxazole rings is 1. The summed E-state index contributed by atoms with van der Waals surface area (Å²) in [5.74, 6) is 0.0928. The zero-order valence-electron chi connectivity index (χ0n) is 7.88. The van der Waals surface area contributed by atoms with Crippen molar-refractivity contribution >= 4 is 5.91 Å². The minimum atomic E-state index is -0.467. The third-order valence-electron chi connectivity index (χ3n) is 1.92. The van der Waals surface area contributed by atoms with Crippen LogP contribution in [0.3, 0.4) is 0 Å². The van der Waals surface area contributed by atoms with Crippen molar-refractivity contribution in [3.05, 3.63) is 47.9 Å². The molecule has 0 aromatic carbocycles. The highest BCUT2D eigenvalue weighted by atomic mass is 16.3. The van der Waals surface area contributed by atoms with Crippen molar-refractivity contribution < 1.29 is 9.21 Å². The van der Waals surface area contributed by atoms with Crippen LogP contribution in [-0.2, 0) is 6.42 Å². The number of aromatic nitrogens is 2. The maximum Gasteiger partial charge on any atom is 0.248 e. The Morgan fingerprint density at radius 2 is 2.27 bits per heavy atom. The fraction of sp³-hybridized carbons (Fsp3) is 0.100. The van der Waals surface area contributed by atoms with Crippen molar-refractivity contribution in [2.45, 2.75) is 6.42 Å². The zero-order chi connectivity index (χ0) is 10.7. The highest BCUT2D eigenvalue weighted by Crippen LogP contribution is 2.06. The molecule has 76 valence electrons. The molecule has 2 heterocycles. The van der Waals surface area contributed by atoms with Crippen LogP contribution in [0.1, 0.15) is 21.9 Å². The van der Waals surface area contributed by atoms with E-state index < -0.39 is 5.91 Å². The molecule has 2 aromatic heterocycles. The summed E-state index contributed by atoms with van der Waals surface area (Å²) in [5.41, 5.74) is 6.29. The fourth-order valence-electron chi connectivity index (χ4n) is 1.22. The first-order chi connectivity index (χ1) is 7.25. The standard InChI is InChI=1S/C10H9N3O2/c11-10(14)7-1-2-12-8(5-7)6-9-13-3-4-15-9/h1-5H,6H2,(H2,11,14). The summed E-state index contributed by atoms with van der Waals surface area (Å²) in [7, 11) is 0. The van der Waals surface area contributed by atoms with Gasteiger partial charge in [0.25, 0.3) is 0 Å². The van der Waals surface area contributed by atoms with Crippen molar-refractivity contribution in [3.8, 4) is 0 Å². The number of hydrogen-bond donors (Lipinski definition) is 1. The molecule has 5 heteroatoms. The molecule has 0 radical (unpaired) electrons. The Morgan fingerprint density at radius 3 is 2.93 bits per heavy atom. The van der Waals surface area contributed by atoms with Crippen molar-refractivity contribution in [3.63, 3.8) is 0 Å². The van der Waals surface area contributed by atoms with Gasteiger partial charge in [-0.25, -0.2) is 4.98 Å². The van der Waals surface area contributed by atoms with E-state index in [1.54, 1.807) is 24.5 Å². The lowest BCUT2D eigenvalue weighted by Crippen LogP contribution is -2.11. The van der Waals surface area contributed by atoms with E-state index in [0.717, 1.165) is 0 Å². The number of amides is 1. The average Bonchev–Trinajstić information content (AvgIpc) is 2.71. The van der Waals surface area contributed by atoms with Gasteiger partial charge >= 0.3 is 0 Å². The van der Waals surface area contributed by atoms with Crippen molar-refractivity contribution in [1.82, 2.24) is 9.97 Å². The van der Waals surface area contributed by atoms with Crippen LogP contribution in [-0.4, -0.2) is 15.9 Å². The fourth-order valence-corrected chi connectivity index (χ4v) is 1.22. The molecule has 2 rings (SSSR count). The van der Waals surface area contributed by atoms with E-state index in [1.165, 1.54) is 6.26 Å². The summed E-state index contributed by atoms with van der Waals surface area (Å²) in [5, 5.41) is 0. The second-order valence-electron chi connectivity index (χ2n) is 3.00. The lowest BCUT2D eigenvalue weighted by atomic mass is 10.2. The topological polar surface area (TPSA) is 82.0 Å². The molecule has 15 heavy (non-hydrogen) atoms. The Kier molecular flexibility index (Phi) is 2.45. The summed E-state index contributed by atoms with van der Waals surface area (Å²) in [4.78, 5) is 19.0. The Bertz CT molecular complexity index is 465. The first-order valence-electron chi connectivity index (χ1n) is 4.39. The Balaban J connectivity index is 2.22. The molecule has 0 spiro atoms. The number of carbonyl (C=O) groups is 1. The first-order valence-corrected chi connectivity index (χ1v) is 4.39. The second-order valence-corrected chi connectivity index (χ2v) is 3.00. The number of nitrogens with two attached hydrogens (primary N) is 1. The first kappa shape index (κ1) is 9.39. The van der Waals surface area contributed by atoms with Crippen LogP contribution in [0.5, 0.6) is 0 Å². The highest BCUT2D eigenvalue weighted by Gasteiger charge is 2.05. The van der Waals surface area contributed by atoms with Gasteiger partial charge in [-0.1, -0.05) is 0 Å². The number of primary amides is 1. The maximum absolute atomic E-state index is 10.9. The number of rotatable bonds is 3. The van der Waals surface area contributed by atoms with Crippen LogP contribution >= 0.6 is 0 Å². The summed E-state index contributed by atoms with van der Waals surface area (Å²) in [6.07, 6.45) is 5.05. The largest absolute Gasteiger partial charge is 0.449 e. The molecule has 0 saturated heterocycles. The molecule has 0 unspecified atom stereocenters. The monoisotopic (exact) mass is 203 g/mol. The van der Waals surface area contributed by atoms with Gasteiger partial charge in [-0.05, 0) is 12.1 Å². The minimum Gasteiger partial charge on any atom is -0.449 e. The van der Waals surface area contributed by atoms with Gasteiger partial charge in [0, 0.05) is 11.8 Å². The normalized spacial score (nSPS) is 10.1. The lowest BCUT2D eigenvalue weighted by Gasteiger charge is -1.98. The van der Waals surface area contributed by atoms with E-state index in [1.807, 2.05) is 0 Å². The van der Waals surface area contributed by atoms with Crippen LogP contribution in [0.15, 0.2) is 35.2 Å². The molecule has 2 aromatic rings. The maximum atomic E-state index is 10.9. The summed E-state index contributed by atoms with van der Waals surface area (Å²) in [6, 6.07) is 3.20. The zero-order valence-corrected chi connectivity index (χ0v) is 7.88. The Hall–Kier alpha value is -2.17. The van der Waals surface area contributed by atoms with E-state index in [4.69, 9.17) is 10.2 Å². The van der Waals surface area contributed by atoms with E-state index in [9.17, 15) is 4.79 Å². The summed E-state index contributed by atoms with van der Waals surface area (Å²) >= 11 is 0. The van der Waals surface area contributed by atoms with Crippen LogP contribution in [0.4, 0.5) is 0 Å². The summed E-state index contributed by atoms with van der Waals surface area (Å²) in [6.45, 7) is 0. The molecular weight excluding hydrogens is 194 g/mol. The minimum absolute atomic E-state index is 0.437. The number of pyridine rings is 1. The van der Waals surface area contributed by atoms with Gasteiger partial charge in [0.15, 0.2) is 5.89 Å². The van der Waals surface area contributed by atoms with Gasteiger partial charge in [-0.15, -0.1) is 0 Å². The predicted octanol–water partition coefficient (Wildman–Crippen LogP) is 0.759. The molecule has 0 bridgehead atoms. The molecular formula is C10H9N3O2. The third-order valence-corrected chi connectivity index (χ3v) is 1.92. The molecule has 0 aliphatic heterocycles. The van der Waals surface area contributed by atoms with E-state index in [-0.39, 0.29) is 0 Å². The van der Waals surface area contributed by atoms with Gasteiger partial charge in [-0.3, -0.25) is 9.78 Å². The third kappa shape index (κ3) is 2.19. The predicted molar refractivity (Wildman–Crippen MR) is 52.1 cm³/mol. The average molecular weight is 203 g/mol. The van der Waals surface area contributed by atoms with Crippen molar-refractivity contribution in [2.24, 2.45) is 5.73 Å². The lowest BCUT2D eigenvalue weighted by molar-refractivity contribution is 0.1000. The van der Waals surface area contributed by atoms with Gasteiger partial charge in [0.1, 0.15) is 6.26 Å².